The monoisotopic (exact) mass is 361 g/mol. The first-order chi connectivity index (χ1) is 11.8. The molecule has 0 aliphatic rings. The van der Waals surface area contributed by atoms with Crippen molar-refractivity contribution in [2.75, 3.05) is 13.6 Å². The molecule has 0 saturated heterocycles. The summed E-state index contributed by atoms with van der Waals surface area (Å²) in [4.78, 5) is 14.0. The highest BCUT2D eigenvalue weighted by molar-refractivity contribution is 7.99. The van der Waals surface area contributed by atoms with Crippen LogP contribution in [0, 0.1) is 5.82 Å². The number of carboxylic acids is 1. The topological polar surface area (TPSA) is 40.5 Å². The number of nitrogens with zero attached hydrogens (tertiary/aromatic N) is 1. The molecule has 25 heavy (non-hydrogen) atoms. The van der Waals surface area contributed by atoms with Crippen molar-refractivity contribution >= 4 is 17.7 Å². The normalized spacial score (nSPS) is 12.6. The van der Waals surface area contributed by atoms with Crippen molar-refractivity contribution in [3.63, 3.8) is 0 Å². The van der Waals surface area contributed by atoms with Gasteiger partial charge in [-0.3, -0.25) is 9.69 Å². The van der Waals surface area contributed by atoms with Gasteiger partial charge >= 0.3 is 5.97 Å². The van der Waals surface area contributed by atoms with E-state index in [0.29, 0.717) is 10.8 Å². The van der Waals surface area contributed by atoms with Gasteiger partial charge < -0.3 is 5.11 Å². The van der Waals surface area contributed by atoms with Gasteiger partial charge in [0.2, 0.25) is 0 Å². The standard InChI is InChI=1S/C20H24FNO2S/c1-13(2)15-5-8-17(9-6-15)25-19-10-7-16(11-18(19)21)14(3)22(4)12-20(23)24/h5-11,13-14H,12H2,1-4H3,(H,23,24)/t14-/m1/s1. The lowest BCUT2D eigenvalue weighted by molar-refractivity contribution is -0.138. The number of carboxylic acid groups (broad SMARTS) is 1. The summed E-state index contributed by atoms with van der Waals surface area (Å²) in [5.41, 5.74) is 2.02. The summed E-state index contributed by atoms with van der Waals surface area (Å²) in [7, 11) is 1.72. The van der Waals surface area contributed by atoms with Crippen molar-refractivity contribution < 1.29 is 14.3 Å². The minimum absolute atomic E-state index is 0.0819. The van der Waals surface area contributed by atoms with E-state index in [1.54, 1.807) is 18.0 Å². The maximum absolute atomic E-state index is 14.5. The lowest BCUT2D eigenvalue weighted by Crippen LogP contribution is -2.28. The molecule has 0 aliphatic carbocycles. The third-order valence-corrected chi connectivity index (χ3v) is 5.32. The van der Waals surface area contributed by atoms with Crippen LogP contribution in [0.3, 0.4) is 0 Å². The van der Waals surface area contributed by atoms with Crippen LogP contribution in [0.4, 0.5) is 4.39 Å². The number of carbonyl (C=O) groups is 1. The minimum Gasteiger partial charge on any atom is -0.480 e. The van der Waals surface area contributed by atoms with Crippen LogP contribution < -0.4 is 0 Å². The van der Waals surface area contributed by atoms with Crippen molar-refractivity contribution in [2.24, 2.45) is 0 Å². The molecule has 0 amide bonds. The maximum Gasteiger partial charge on any atom is 0.317 e. The molecule has 0 aromatic heterocycles. The quantitative estimate of drug-likeness (QED) is 0.738. The average Bonchev–Trinajstić information content (AvgIpc) is 2.55. The van der Waals surface area contributed by atoms with Gasteiger partial charge in [-0.05, 0) is 55.3 Å². The lowest BCUT2D eigenvalue weighted by Gasteiger charge is -2.23. The van der Waals surface area contributed by atoms with Crippen molar-refractivity contribution in [2.45, 2.75) is 42.5 Å². The summed E-state index contributed by atoms with van der Waals surface area (Å²) in [6, 6.07) is 13.1. The van der Waals surface area contributed by atoms with Gasteiger partial charge in [0, 0.05) is 15.8 Å². The van der Waals surface area contributed by atoms with Gasteiger partial charge in [-0.2, -0.15) is 0 Å². The Morgan fingerprint density at radius 2 is 1.72 bits per heavy atom. The van der Waals surface area contributed by atoms with Gasteiger partial charge in [0.1, 0.15) is 5.82 Å². The molecule has 1 atom stereocenters. The van der Waals surface area contributed by atoms with Crippen LogP contribution in [0.2, 0.25) is 0 Å². The fourth-order valence-corrected chi connectivity index (χ4v) is 3.33. The zero-order chi connectivity index (χ0) is 18.6. The second-order valence-corrected chi connectivity index (χ2v) is 7.62. The molecule has 0 bridgehead atoms. The van der Waals surface area contributed by atoms with Gasteiger partial charge in [-0.25, -0.2) is 4.39 Å². The number of hydrogen-bond acceptors (Lipinski definition) is 3. The molecule has 0 spiro atoms. The zero-order valence-corrected chi connectivity index (χ0v) is 15.8. The molecule has 134 valence electrons. The van der Waals surface area contributed by atoms with Crippen LogP contribution in [-0.2, 0) is 4.79 Å². The highest BCUT2D eigenvalue weighted by Gasteiger charge is 2.16. The molecule has 3 nitrogen and oxygen atoms in total. The molecule has 0 aliphatic heterocycles. The number of rotatable bonds is 7. The lowest BCUT2D eigenvalue weighted by atomic mass is 10.0. The van der Waals surface area contributed by atoms with Gasteiger partial charge in [0.25, 0.3) is 0 Å². The summed E-state index contributed by atoms with van der Waals surface area (Å²) < 4.78 is 14.5. The molecule has 0 saturated carbocycles. The minimum atomic E-state index is -0.896. The summed E-state index contributed by atoms with van der Waals surface area (Å²) in [5, 5.41) is 8.88. The third-order valence-electron chi connectivity index (χ3n) is 4.26. The summed E-state index contributed by atoms with van der Waals surface area (Å²) >= 11 is 1.39. The van der Waals surface area contributed by atoms with E-state index in [0.717, 1.165) is 10.5 Å². The van der Waals surface area contributed by atoms with Crippen molar-refractivity contribution in [3.05, 3.63) is 59.4 Å². The number of halogens is 1. The van der Waals surface area contributed by atoms with Crippen LogP contribution in [0.15, 0.2) is 52.3 Å². The Balaban J connectivity index is 2.12. The van der Waals surface area contributed by atoms with E-state index in [9.17, 15) is 9.18 Å². The molecule has 0 fully saturated rings. The summed E-state index contributed by atoms with van der Waals surface area (Å²) in [6.45, 7) is 6.07. The predicted molar refractivity (Wildman–Crippen MR) is 99.7 cm³/mol. The first kappa shape index (κ1) is 19.5. The Morgan fingerprint density at radius 3 is 2.24 bits per heavy atom. The SMILES string of the molecule is CC(C)c1ccc(Sc2ccc([C@@H](C)N(C)CC(=O)O)cc2F)cc1. The zero-order valence-electron chi connectivity index (χ0n) is 15.0. The van der Waals surface area contributed by atoms with Gasteiger partial charge in [0.05, 0.1) is 6.54 Å². The van der Waals surface area contributed by atoms with Crippen molar-refractivity contribution in [3.8, 4) is 0 Å². The Kier molecular flexibility index (Phi) is 6.62. The average molecular weight is 361 g/mol. The Hall–Kier alpha value is -1.85. The van der Waals surface area contributed by atoms with Crippen LogP contribution in [0.1, 0.15) is 43.9 Å². The molecular formula is C20H24FNO2S. The molecule has 2 aromatic carbocycles. The fraction of sp³-hybridized carbons (Fsp3) is 0.350. The number of hydrogen-bond donors (Lipinski definition) is 1. The van der Waals surface area contributed by atoms with Crippen LogP contribution in [0.5, 0.6) is 0 Å². The maximum atomic E-state index is 14.5. The fourth-order valence-electron chi connectivity index (χ4n) is 2.51. The van der Waals surface area contributed by atoms with E-state index < -0.39 is 5.97 Å². The highest BCUT2D eigenvalue weighted by Crippen LogP contribution is 2.32. The van der Waals surface area contributed by atoms with Crippen molar-refractivity contribution in [1.82, 2.24) is 4.90 Å². The molecule has 0 heterocycles. The predicted octanol–water partition coefficient (Wildman–Crippen LogP) is 5.18. The second kappa shape index (κ2) is 8.50. The Labute approximate surface area is 152 Å². The van der Waals surface area contributed by atoms with Crippen LogP contribution in [0.25, 0.3) is 0 Å². The van der Waals surface area contributed by atoms with E-state index >= 15 is 0 Å². The number of aliphatic carboxylic acids is 1. The first-order valence-corrected chi connectivity index (χ1v) is 9.09. The Bertz CT molecular complexity index is 731. The Morgan fingerprint density at radius 1 is 1.12 bits per heavy atom. The van der Waals surface area contributed by atoms with Crippen LogP contribution >= 0.6 is 11.8 Å². The summed E-state index contributed by atoms with van der Waals surface area (Å²) in [6.07, 6.45) is 0. The molecule has 0 radical (unpaired) electrons. The molecule has 0 unspecified atom stereocenters. The van der Waals surface area contributed by atoms with Gasteiger partial charge in [-0.15, -0.1) is 0 Å². The second-order valence-electron chi connectivity index (χ2n) is 6.50. The molecule has 5 heteroatoms. The molecule has 2 rings (SSSR count). The third kappa shape index (κ3) is 5.31. The molecular weight excluding hydrogens is 337 g/mol. The largest absolute Gasteiger partial charge is 0.480 e. The van der Waals surface area contributed by atoms with E-state index in [1.807, 2.05) is 25.1 Å². The van der Waals surface area contributed by atoms with E-state index in [4.69, 9.17) is 5.11 Å². The van der Waals surface area contributed by atoms with E-state index in [-0.39, 0.29) is 18.4 Å². The molecule has 1 N–H and O–H groups in total. The van der Waals surface area contributed by atoms with E-state index in [1.165, 1.54) is 23.4 Å². The first-order valence-electron chi connectivity index (χ1n) is 8.27. The highest BCUT2D eigenvalue weighted by atomic mass is 32.2. The van der Waals surface area contributed by atoms with Gasteiger partial charge in [-0.1, -0.05) is 43.8 Å². The van der Waals surface area contributed by atoms with E-state index in [2.05, 4.69) is 26.0 Å². The van der Waals surface area contributed by atoms with Crippen LogP contribution in [-0.4, -0.2) is 29.6 Å². The number of likely N-dealkylation sites (N-methyl/N-ethyl adjacent to an activating group) is 1. The smallest absolute Gasteiger partial charge is 0.317 e. The summed E-state index contributed by atoms with van der Waals surface area (Å²) in [5.74, 6) is -0.711. The molecule has 2 aromatic rings. The number of benzene rings is 2. The van der Waals surface area contributed by atoms with Gasteiger partial charge in [0.15, 0.2) is 0 Å². The van der Waals surface area contributed by atoms with Crippen molar-refractivity contribution in [1.29, 1.82) is 0 Å².